The molecule has 1 saturated heterocycles. The molecular formula is C9H18N2. The fourth-order valence-corrected chi connectivity index (χ4v) is 2.16. The molecule has 1 saturated carbocycles. The fraction of sp³-hybridized carbons (Fsp3) is 1.00. The molecule has 1 spiro atoms. The second kappa shape index (κ2) is 2.46. The van der Waals surface area contributed by atoms with Crippen LogP contribution in [0.3, 0.4) is 0 Å². The summed E-state index contributed by atoms with van der Waals surface area (Å²) in [5, 5.41) is 3.60. The quantitative estimate of drug-likeness (QED) is 0.629. The molecule has 11 heavy (non-hydrogen) atoms. The molecule has 64 valence electrons. The topological polar surface area (TPSA) is 15.3 Å². The predicted octanol–water partition coefficient (Wildman–Crippen LogP) is 0.690. The van der Waals surface area contributed by atoms with E-state index in [-0.39, 0.29) is 0 Å². The van der Waals surface area contributed by atoms with Crippen molar-refractivity contribution >= 4 is 0 Å². The van der Waals surface area contributed by atoms with Crippen LogP contribution in [0.4, 0.5) is 0 Å². The van der Waals surface area contributed by atoms with E-state index in [2.05, 4.69) is 24.3 Å². The number of hydrogen-bond donors (Lipinski definition) is 1. The maximum atomic E-state index is 3.60. The van der Waals surface area contributed by atoms with Gasteiger partial charge in [0, 0.05) is 19.1 Å². The van der Waals surface area contributed by atoms with Crippen molar-refractivity contribution in [1.82, 2.24) is 10.2 Å². The molecule has 1 heterocycles. The monoisotopic (exact) mass is 154 g/mol. The van der Waals surface area contributed by atoms with Crippen LogP contribution in [0.5, 0.6) is 0 Å². The molecule has 2 heteroatoms. The molecule has 0 aromatic heterocycles. The molecule has 1 atom stereocenters. The summed E-state index contributed by atoms with van der Waals surface area (Å²) in [6, 6.07) is 0.771. The maximum Gasteiger partial charge on any atom is 0.0200 e. The highest BCUT2D eigenvalue weighted by molar-refractivity contribution is 5.03. The van der Waals surface area contributed by atoms with Crippen molar-refractivity contribution in [1.29, 1.82) is 0 Å². The Morgan fingerprint density at radius 2 is 2.18 bits per heavy atom. The molecule has 1 aliphatic heterocycles. The first-order valence-corrected chi connectivity index (χ1v) is 4.58. The summed E-state index contributed by atoms with van der Waals surface area (Å²) in [6.45, 7) is 2.49. The Balaban J connectivity index is 1.80. The zero-order valence-electron chi connectivity index (χ0n) is 7.56. The van der Waals surface area contributed by atoms with Crippen LogP contribution < -0.4 is 5.32 Å². The van der Waals surface area contributed by atoms with Gasteiger partial charge in [-0.3, -0.25) is 0 Å². The van der Waals surface area contributed by atoms with Gasteiger partial charge in [0.2, 0.25) is 0 Å². The third-order valence-electron chi connectivity index (χ3n) is 2.99. The van der Waals surface area contributed by atoms with Crippen LogP contribution in [0.25, 0.3) is 0 Å². The first-order valence-electron chi connectivity index (χ1n) is 4.58. The van der Waals surface area contributed by atoms with E-state index in [1.165, 1.54) is 32.4 Å². The van der Waals surface area contributed by atoms with Crippen LogP contribution >= 0.6 is 0 Å². The average molecular weight is 154 g/mol. The van der Waals surface area contributed by atoms with E-state index < -0.39 is 0 Å². The van der Waals surface area contributed by atoms with E-state index in [0.717, 1.165) is 11.5 Å². The summed E-state index contributed by atoms with van der Waals surface area (Å²) >= 11 is 0. The molecule has 0 bridgehead atoms. The average Bonchev–Trinajstić information content (AvgIpc) is 2.51. The largest absolute Gasteiger partial charge is 0.312 e. The van der Waals surface area contributed by atoms with Gasteiger partial charge in [0.1, 0.15) is 0 Å². The molecule has 0 aromatic carbocycles. The lowest BCUT2D eigenvalue weighted by Crippen LogP contribution is -2.33. The number of nitrogens with one attached hydrogen (secondary N) is 1. The highest BCUT2D eigenvalue weighted by atomic mass is 15.1. The fourth-order valence-electron chi connectivity index (χ4n) is 2.16. The third kappa shape index (κ3) is 1.57. The summed E-state index contributed by atoms with van der Waals surface area (Å²) in [5.74, 6) is 0. The Labute approximate surface area is 69.0 Å². The van der Waals surface area contributed by atoms with Crippen molar-refractivity contribution in [2.24, 2.45) is 5.41 Å². The van der Waals surface area contributed by atoms with Gasteiger partial charge in [-0.1, -0.05) is 0 Å². The Morgan fingerprint density at radius 3 is 2.64 bits per heavy atom. The number of hydrogen-bond acceptors (Lipinski definition) is 2. The molecule has 0 radical (unpaired) electrons. The Hall–Kier alpha value is -0.0800. The summed E-state index contributed by atoms with van der Waals surface area (Å²) in [5.41, 5.74) is 0.765. The van der Waals surface area contributed by atoms with E-state index in [1.54, 1.807) is 0 Å². The molecular weight excluding hydrogens is 136 g/mol. The second-order valence-electron chi connectivity index (χ2n) is 4.54. The van der Waals surface area contributed by atoms with Crippen molar-refractivity contribution in [2.75, 3.05) is 27.2 Å². The molecule has 0 aromatic rings. The first-order chi connectivity index (χ1) is 5.20. The van der Waals surface area contributed by atoms with Crippen molar-refractivity contribution < 1.29 is 0 Å². The van der Waals surface area contributed by atoms with Gasteiger partial charge in [0.25, 0.3) is 0 Å². The summed E-state index contributed by atoms with van der Waals surface area (Å²) in [6.07, 6.45) is 4.37. The lowest BCUT2D eigenvalue weighted by molar-refractivity contribution is 0.352. The normalized spacial score (nSPS) is 33.5. The highest BCUT2D eigenvalue weighted by Crippen LogP contribution is 2.51. The molecule has 0 amide bonds. The SMILES string of the molecule is CN(C)CC1CC2(CC2)CN1. The summed E-state index contributed by atoms with van der Waals surface area (Å²) in [4.78, 5) is 2.28. The zero-order valence-corrected chi connectivity index (χ0v) is 7.56. The molecule has 1 unspecified atom stereocenters. The van der Waals surface area contributed by atoms with E-state index in [0.29, 0.717) is 0 Å². The van der Waals surface area contributed by atoms with Gasteiger partial charge in [0.15, 0.2) is 0 Å². The van der Waals surface area contributed by atoms with Crippen molar-refractivity contribution in [2.45, 2.75) is 25.3 Å². The van der Waals surface area contributed by atoms with Crippen LogP contribution in [-0.2, 0) is 0 Å². The third-order valence-corrected chi connectivity index (χ3v) is 2.99. The van der Waals surface area contributed by atoms with Crippen LogP contribution in [0.15, 0.2) is 0 Å². The Bertz CT molecular complexity index is 150. The molecule has 2 rings (SSSR count). The minimum absolute atomic E-state index is 0.765. The first kappa shape index (κ1) is 7.56. The van der Waals surface area contributed by atoms with Gasteiger partial charge in [-0.25, -0.2) is 0 Å². The van der Waals surface area contributed by atoms with Crippen molar-refractivity contribution in [3.8, 4) is 0 Å². The van der Waals surface area contributed by atoms with E-state index in [4.69, 9.17) is 0 Å². The molecule has 2 fully saturated rings. The summed E-state index contributed by atoms with van der Waals surface area (Å²) < 4.78 is 0. The summed E-state index contributed by atoms with van der Waals surface area (Å²) in [7, 11) is 4.30. The minimum Gasteiger partial charge on any atom is -0.312 e. The van der Waals surface area contributed by atoms with Crippen LogP contribution in [0, 0.1) is 5.41 Å². The minimum atomic E-state index is 0.765. The van der Waals surface area contributed by atoms with Gasteiger partial charge >= 0.3 is 0 Å². The van der Waals surface area contributed by atoms with Crippen LogP contribution in [-0.4, -0.2) is 38.1 Å². The molecule has 1 aliphatic carbocycles. The number of rotatable bonds is 2. The van der Waals surface area contributed by atoms with Crippen molar-refractivity contribution in [3.05, 3.63) is 0 Å². The van der Waals surface area contributed by atoms with E-state index in [1.807, 2.05) is 0 Å². The predicted molar refractivity (Wildman–Crippen MR) is 46.6 cm³/mol. The molecule has 2 aliphatic rings. The smallest absolute Gasteiger partial charge is 0.0200 e. The van der Waals surface area contributed by atoms with Gasteiger partial charge in [-0.05, 0) is 38.8 Å². The van der Waals surface area contributed by atoms with Crippen LogP contribution in [0.2, 0.25) is 0 Å². The van der Waals surface area contributed by atoms with Gasteiger partial charge < -0.3 is 10.2 Å². The van der Waals surface area contributed by atoms with Gasteiger partial charge in [-0.2, -0.15) is 0 Å². The molecule has 2 nitrogen and oxygen atoms in total. The Morgan fingerprint density at radius 1 is 1.45 bits per heavy atom. The lowest BCUT2D eigenvalue weighted by Gasteiger charge is -2.15. The number of likely N-dealkylation sites (N-methyl/N-ethyl adjacent to an activating group) is 1. The van der Waals surface area contributed by atoms with Gasteiger partial charge in [0.05, 0.1) is 0 Å². The van der Waals surface area contributed by atoms with Crippen LogP contribution in [0.1, 0.15) is 19.3 Å². The van der Waals surface area contributed by atoms with E-state index >= 15 is 0 Å². The van der Waals surface area contributed by atoms with Crippen molar-refractivity contribution in [3.63, 3.8) is 0 Å². The van der Waals surface area contributed by atoms with Gasteiger partial charge in [-0.15, -0.1) is 0 Å². The number of nitrogens with zero attached hydrogens (tertiary/aromatic N) is 1. The molecule has 1 N–H and O–H groups in total. The van der Waals surface area contributed by atoms with E-state index in [9.17, 15) is 0 Å². The second-order valence-corrected chi connectivity index (χ2v) is 4.54. The standard InChI is InChI=1S/C9H18N2/c1-11(2)6-8-5-9(3-4-9)7-10-8/h8,10H,3-7H2,1-2H3. The maximum absolute atomic E-state index is 3.60. The lowest BCUT2D eigenvalue weighted by atomic mass is 10.0. The highest BCUT2D eigenvalue weighted by Gasteiger charge is 2.47. The Kier molecular flexibility index (Phi) is 1.69. The zero-order chi connectivity index (χ0) is 7.90.